The lowest BCUT2D eigenvalue weighted by Gasteiger charge is -2.41. The molecule has 1 aliphatic heterocycles. The van der Waals surface area contributed by atoms with Gasteiger partial charge in [0.25, 0.3) is 5.91 Å². The van der Waals surface area contributed by atoms with Gasteiger partial charge < -0.3 is 10.2 Å². The minimum absolute atomic E-state index is 0.0207. The summed E-state index contributed by atoms with van der Waals surface area (Å²) in [6.07, 6.45) is 0.302. The molecule has 1 spiro atoms. The number of aryl methyl sites for hydroxylation is 3. The summed E-state index contributed by atoms with van der Waals surface area (Å²) < 4.78 is 43.7. The lowest BCUT2D eigenvalue weighted by atomic mass is 10.0. The Balaban J connectivity index is 1.26. The molecule has 0 unspecified atom stereocenters. The normalized spacial score (nSPS) is 16.4. The van der Waals surface area contributed by atoms with Crippen LogP contribution in [-0.4, -0.2) is 62.8 Å². The van der Waals surface area contributed by atoms with Crippen molar-refractivity contribution in [2.24, 2.45) is 0 Å². The van der Waals surface area contributed by atoms with Crippen LogP contribution in [0.1, 0.15) is 63.9 Å². The maximum atomic E-state index is 14.0. The number of hydrogen-bond acceptors (Lipinski definition) is 6. The van der Waals surface area contributed by atoms with Crippen molar-refractivity contribution in [2.75, 3.05) is 36.9 Å². The van der Waals surface area contributed by atoms with Gasteiger partial charge in [0.1, 0.15) is 6.33 Å². The van der Waals surface area contributed by atoms with Crippen molar-refractivity contribution < 1.29 is 18.0 Å². The van der Waals surface area contributed by atoms with E-state index in [0.717, 1.165) is 66.1 Å². The number of nitrogens with one attached hydrogen (secondary N) is 1. The van der Waals surface area contributed by atoms with E-state index in [-0.39, 0.29) is 11.1 Å². The molecule has 2 fully saturated rings. The zero-order valence-electron chi connectivity index (χ0n) is 25.4. The Kier molecular flexibility index (Phi) is 7.69. The van der Waals surface area contributed by atoms with E-state index in [9.17, 15) is 18.0 Å². The summed E-state index contributed by atoms with van der Waals surface area (Å²) in [6.45, 7) is 7.95. The predicted octanol–water partition coefficient (Wildman–Crippen LogP) is 5.99. The molecule has 1 amide bonds. The van der Waals surface area contributed by atoms with Crippen LogP contribution in [0.3, 0.4) is 0 Å². The fourth-order valence-corrected chi connectivity index (χ4v) is 5.97. The smallest absolute Gasteiger partial charge is 0.368 e. The standard InChI is InChI=1S/C33H36F3N7O/c1-5-26-18-30(38-20-37-26)43-29(12-22(3)40-43)15-23-14-27(7-6-21(23)2)39-31(44)24-13-25(33(34,35)36)17-28(16-24)42-11-10-41(4)32(19-42)8-9-32/h6-7,12-14,16-18,20H,5,8-11,15,19H2,1-4H3,(H,39,44). The number of carbonyl (C=O) groups is 1. The zero-order chi connectivity index (χ0) is 31.2. The van der Waals surface area contributed by atoms with E-state index in [0.29, 0.717) is 36.7 Å². The predicted molar refractivity (Wildman–Crippen MR) is 163 cm³/mol. The molecule has 44 heavy (non-hydrogen) atoms. The Morgan fingerprint density at radius 1 is 1.02 bits per heavy atom. The second-order valence-corrected chi connectivity index (χ2v) is 12.0. The Bertz CT molecular complexity index is 1710. The molecule has 6 rings (SSSR count). The number of piperazine rings is 1. The summed E-state index contributed by atoms with van der Waals surface area (Å²) in [4.78, 5) is 26.4. The van der Waals surface area contributed by atoms with Gasteiger partial charge >= 0.3 is 6.18 Å². The Morgan fingerprint density at radius 2 is 1.82 bits per heavy atom. The number of alkyl halides is 3. The fraction of sp³-hybridized carbons (Fsp3) is 0.394. The zero-order valence-corrected chi connectivity index (χ0v) is 25.4. The maximum absolute atomic E-state index is 14.0. The molecular formula is C33H36F3N7O. The number of anilines is 2. The lowest BCUT2D eigenvalue weighted by Crippen LogP contribution is -2.53. The number of benzene rings is 2. The largest absolute Gasteiger partial charge is 0.416 e. The van der Waals surface area contributed by atoms with Crippen LogP contribution in [0.25, 0.3) is 5.82 Å². The van der Waals surface area contributed by atoms with Crippen molar-refractivity contribution in [3.8, 4) is 5.82 Å². The molecule has 1 saturated heterocycles. The molecule has 0 radical (unpaired) electrons. The third kappa shape index (κ3) is 6.06. The number of aromatic nitrogens is 4. The quantitative estimate of drug-likeness (QED) is 0.280. The highest BCUT2D eigenvalue weighted by Crippen LogP contribution is 2.44. The molecule has 230 valence electrons. The summed E-state index contributed by atoms with van der Waals surface area (Å²) >= 11 is 0. The van der Waals surface area contributed by atoms with Gasteiger partial charge in [0.05, 0.1) is 17.0 Å². The first-order valence-corrected chi connectivity index (χ1v) is 14.9. The first kappa shape index (κ1) is 29.8. The van der Waals surface area contributed by atoms with Crippen LogP contribution in [0, 0.1) is 13.8 Å². The van der Waals surface area contributed by atoms with Crippen molar-refractivity contribution in [3.05, 3.63) is 94.2 Å². The van der Waals surface area contributed by atoms with Crippen LogP contribution in [0.4, 0.5) is 24.5 Å². The summed E-state index contributed by atoms with van der Waals surface area (Å²) in [7, 11) is 2.07. The van der Waals surface area contributed by atoms with Crippen molar-refractivity contribution in [2.45, 2.75) is 58.2 Å². The SMILES string of the molecule is CCc1cc(-n2nc(C)cc2Cc2cc(NC(=O)c3cc(N4CCN(C)C5(CC5)C4)cc(C(F)(F)F)c3)ccc2C)ncn1. The molecule has 8 nitrogen and oxygen atoms in total. The van der Waals surface area contributed by atoms with E-state index in [4.69, 9.17) is 0 Å². The summed E-state index contributed by atoms with van der Waals surface area (Å²) in [5, 5.41) is 7.49. The third-order valence-corrected chi connectivity index (χ3v) is 8.87. The topological polar surface area (TPSA) is 79.2 Å². The van der Waals surface area contributed by atoms with Crippen molar-refractivity contribution >= 4 is 17.3 Å². The molecule has 4 aromatic rings. The first-order chi connectivity index (χ1) is 20.9. The highest BCUT2D eigenvalue weighted by molar-refractivity contribution is 6.05. The third-order valence-electron chi connectivity index (χ3n) is 8.87. The maximum Gasteiger partial charge on any atom is 0.416 e. The van der Waals surface area contributed by atoms with Gasteiger partial charge in [-0.05, 0) is 87.7 Å². The van der Waals surface area contributed by atoms with Crippen LogP contribution in [0.2, 0.25) is 0 Å². The summed E-state index contributed by atoms with van der Waals surface area (Å²) in [5.41, 5.74) is 4.72. The number of carbonyl (C=O) groups excluding carboxylic acids is 1. The number of amides is 1. The minimum atomic E-state index is -4.57. The second-order valence-electron chi connectivity index (χ2n) is 12.0. The van der Waals surface area contributed by atoms with Gasteiger partial charge in [-0.1, -0.05) is 13.0 Å². The van der Waals surface area contributed by atoms with Crippen LogP contribution in [0.5, 0.6) is 0 Å². The van der Waals surface area contributed by atoms with Gasteiger partial charge in [0.2, 0.25) is 0 Å². The minimum Gasteiger partial charge on any atom is -0.368 e. The van der Waals surface area contributed by atoms with E-state index in [1.165, 1.54) is 6.33 Å². The lowest BCUT2D eigenvalue weighted by molar-refractivity contribution is -0.137. The molecule has 0 atom stereocenters. The molecule has 2 aliphatic rings. The van der Waals surface area contributed by atoms with Gasteiger partial charge in [-0.15, -0.1) is 0 Å². The molecule has 2 aromatic carbocycles. The number of rotatable bonds is 7. The van der Waals surface area contributed by atoms with E-state index in [2.05, 4.69) is 32.3 Å². The molecule has 0 bridgehead atoms. The Hall–Kier alpha value is -4.25. The van der Waals surface area contributed by atoms with Gasteiger partial charge in [-0.25, -0.2) is 14.6 Å². The number of halogens is 3. The number of likely N-dealkylation sites (N-methyl/N-ethyl adjacent to an activating group) is 1. The van der Waals surface area contributed by atoms with E-state index < -0.39 is 17.6 Å². The van der Waals surface area contributed by atoms with Crippen LogP contribution in [0.15, 0.2) is 54.9 Å². The van der Waals surface area contributed by atoms with E-state index in [1.807, 2.05) is 49.9 Å². The van der Waals surface area contributed by atoms with Gasteiger partial charge in [-0.2, -0.15) is 18.3 Å². The van der Waals surface area contributed by atoms with Crippen LogP contribution < -0.4 is 10.2 Å². The first-order valence-electron chi connectivity index (χ1n) is 14.9. The Labute approximate surface area is 254 Å². The number of hydrogen-bond donors (Lipinski definition) is 1. The monoisotopic (exact) mass is 603 g/mol. The molecule has 1 N–H and O–H groups in total. The van der Waals surface area contributed by atoms with Crippen molar-refractivity contribution in [1.29, 1.82) is 0 Å². The number of nitrogens with zero attached hydrogens (tertiary/aromatic N) is 6. The average Bonchev–Trinajstić information content (AvgIpc) is 3.68. The molecule has 3 heterocycles. The Morgan fingerprint density at radius 3 is 2.55 bits per heavy atom. The van der Waals surface area contributed by atoms with Gasteiger partial charge in [0.15, 0.2) is 5.82 Å². The van der Waals surface area contributed by atoms with Gasteiger partial charge in [0, 0.05) is 60.3 Å². The fourth-order valence-electron chi connectivity index (χ4n) is 5.97. The summed E-state index contributed by atoms with van der Waals surface area (Å²) in [6, 6.07) is 13.1. The molecule has 2 aromatic heterocycles. The molecule has 11 heteroatoms. The van der Waals surface area contributed by atoms with Crippen LogP contribution >= 0.6 is 0 Å². The van der Waals surface area contributed by atoms with Gasteiger partial charge in [-0.3, -0.25) is 9.69 Å². The van der Waals surface area contributed by atoms with Crippen molar-refractivity contribution in [3.63, 3.8) is 0 Å². The highest BCUT2D eigenvalue weighted by atomic mass is 19.4. The second kappa shape index (κ2) is 11.4. The van der Waals surface area contributed by atoms with E-state index in [1.54, 1.807) is 16.8 Å². The highest BCUT2D eigenvalue weighted by Gasteiger charge is 2.49. The van der Waals surface area contributed by atoms with Crippen molar-refractivity contribution in [1.82, 2.24) is 24.6 Å². The van der Waals surface area contributed by atoms with E-state index >= 15 is 0 Å². The molecule has 1 aliphatic carbocycles. The average molecular weight is 604 g/mol. The van der Waals surface area contributed by atoms with Crippen LogP contribution in [-0.2, 0) is 19.0 Å². The molecular weight excluding hydrogens is 567 g/mol. The molecule has 1 saturated carbocycles. The summed E-state index contributed by atoms with van der Waals surface area (Å²) in [5.74, 6) is 0.0896.